The Balaban J connectivity index is 1.66. The second kappa shape index (κ2) is 8.25. The molecule has 5 nitrogen and oxygen atoms in total. The molecule has 2 heterocycles. The van der Waals surface area contributed by atoms with Crippen molar-refractivity contribution < 1.29 is 14.3 Å². The summed E-state index contributed by atoms with van der Waals surface area (Å²) in [5.41, 5.74) is 1.49. The van der Waals surface area contributed by atoms with Crippen molar-refractivity contribution in [1.82, 2.24) is 9.88 Å². The van der Waals surface area contributed by atoms with E-state index in [0.29, 0.717) is 10.6 Å². The number of aromatic nitrogens is 1. The molecule has 2 aromatic rings. The molecule has 1 aromatic heterocycles. The van der Waals surface area contributed by atoms with Gasteiger partial charge in [-0.1, -0.05) is 43.2 Å². The van der Waals surface area contributed by atoms with Crippen LogP contribution in [0.4, 0.5) is 0 Å². The summed E-state index contributed by atoms with van der Waals surface area (Å²) in [4.78, 5) is 31.5. The molecule has 132 valence electrons. The maximum atomic E-state index is 12.5. The van der Waals surface area contributed by atoms with E-state index in [1.165, 1.54) is 11.3 Å². The van der Waals surface area contributed by atoms with Gasteiger partial charge in [-0.25, -0.2) is 9.78 Å². The lowest BCUT2D eigenvalue weighted by molar-refractivity contribution is -0.134. The quantitative estimate of drug-likeness (QED) is 0.782. The van der Waals surface area contributed by atoms with Crippen LogP contribution < -0.4 is 0 Å². The average Bonchev–Trinajstić information content (AvgIpc) is 2.84. The molecule has 0 aliphatic carbocycles. The molecule has 1 saturated heterocycles. The average molecular weight is 358 g/mol. The van der Waals surface area contributed by atoms with E-state index in [0.717, 1.165) is 49.3 Å². The highest BCUT2D eigenvalue weighted by molar-refractivity contribution is 7.14. The Bertz CT molecular complexity index is 734. The first-order valence-electron chi connectivity index (χ1n) is 8.63. The van der Waals surface area contributed by atoms with Gasteiger partial charge in [-0.15, -0.1) is 11.3 Å². The Labute approximate surface area is 151 Å². The Morgan fingerprint density at radius 2 is 1.80 bits per heavy atom. The van der Waals surface area contributed by atoms with E-state index in [1.54, 1.807) is 4.90 Å². The minimum absolute atomic E-state index is 0.113. The van der Waals surface area contributed by atoms with Gasteiger partial charge in [0, 0.05) is 18.7 Å². The summed E-state index contributed by atoms with van der Waals surface area (Å²) < 4.78 is 5.30. The van der Waals surface area contributed by atoms with Gasteiger partial charge in [0.05, 0.1) is 10.7 Å². The predicted molar refractivity (Wildman–Crippen MR) is 97.6 cm³/mol. The van der Waals surface area contributed by atoms with Gasteiger partial charge in [-0.05, 0) is 19.8 Å². The third kappa shape index (κ3) is 4.45. The fourth-order valence-electron chi connectivity index (χ4n) is 2.96. The number of rotatable bonds is 4. The van der Waals surface area contributed by atoms with Gasteiger partial charge in [0.25, 0.3) is 5.91 Å². The molecule has 0 saturated carbocycles. The number of thiazole rings is 1. The summed E-state index contributed by atoms with van der Waals surface area (Å²) in [5.74, 6) is -0.592. The number of carbonyl (C=O) groups excluding carboxylic acids is 2. The molecule has 25 heavy (non-hydrogen) atoms. The highest BCUT2D eigenvalue weighted by Crippen LogP contribution is 2.28. The van der Waals surface area contributed by atoms with Gasteiger partial charge < -0.3 is 9.64 Å². The van der Waals surface area contributed by atoms with Crippen molar-refractivity contribution in [2.24, 2.45) is 0 Å². The second-order valence-corrected chi connectivity index (χ2v) is 7.35. The van der Waals surface area contributed by atoms with Crippen molar-refractivity contribution in [1.29, 1.82) is 0 Å². The van der Waals surface area contributed by atoms with Crippen molar-refractivity contribution in [3.8, 4) is 11.3 Å². The molecule has 0 radical (unpaired) electrons. The number of likely N-dealkylation sites (tertiary alicyclic amines) is 1. The fraction of sp³-hybridized carbons (Fsp3) is 0.421. The first-order chi connectivity index (χ1) is 12.1. The van der Waals surface area contributed by atoms with Crippen LogP contribution in [0.3, 0.4) is 0 Å². The van der Waals surface area contributed by atoms with Gasteiger partial charge in [0.1, 0.15) is 4.88 Å². The summed E-state index contributed by atoms with van der Waals surface area (Å²) in [6.07, 6.45) is 4.35. The minimum atomic E-state index is -0.479. The minimum Gasteiger partial charge on any atom is -0.451 e. The number of esters is 1. The lowest BCUT2D eigenvalue weighted by Crippen LogP contribution is -2.35. The van der Waals surface area contributed by atoms with E-state index in [2.05, 4.69) is 4.98 Å². The topological polar surface area (TPSA) is 59.5 Å². The Morgan fingerprint density at radius 3 is 2.48 bits per heavy atom. The van der Waals surface area contributed by atoms with Gasteiger partial charge >= 0.3 is 5.97 Å². The number of amides is 1. The van der Waals surface area contributed by atoms with Gasteiger partial charge in [-0.3, -0.25) is 4.79 Å². The lowest BCUT2D eigenvalue weighted by atomic mass is 10.1. The molecule has 1 aliphatic heterocycles. The van der Waals surface area contributed by atoms with Crippen LogP contribution >= 0.6 is 11.3 Å². The number of benzene rings is 1. The van der Waals surface area contributed by atoms with Crippen molar-refractivity contribution in [3.63, 3.8) is 0 Å². The molecular formula is C19H22N2O3S. The molecule has 1 fully saturated rings. The van der Waals surface area contributed by atoms with Crippen LogP contribution in [0.5, 0.6) is 0 Å². The Morgan fingerprint density at radius 1 is 1.12 bits per heavy atom. The van der Waals surface area contributed by atoms with E-state index in [-0.39, 0.29) is 12.5 Å². The zero-order valence-electron chi connectivity index (χ0n) is 14.4. The Kier molecular flexibility index (Phi) is 5.81. The van der Waals surface area contributed by atoms with Crippen LogP contribution in [-0.2, 0) is 9.53 Å². The number of hydrogen-bond donors (Lipinski definition) is 0. The van der Waals surface area contributed by atoms with Crippen LogP contribution in [0.15, 0.2) is 30.3 Å². The van der Waals surface area contributed by atoms with Crippen molar-refractivity contribution in [3.05, 3.63) is 40.2 Å². The third-order valence-corrected chi connectivity index (χ3v) is 5.20. The molecule has 0 bridgehead atoms. The number of carbonyl (C=O) groups is 2. The number of aryl methyl sites for hydroxylation is 1. The highest BCUT2D eigenvalue weighted by atomic mass is 32.1. The molecule has 6 heteroatoms. The van der Waals surface area contributed by atoms with Crippen molar-refractivity contribution in [2.45, 2.75) is 32.6 Å². The van der Waals surface area contributed by atoms with Crippen LogP contribution in [0, 0.1) is 6.92 Å². The zero-order valence-corrected chi connectivity index (χ0v) is 15.2. The van der Waals surface area contributed by atoms with Crippen LogP contribution in [0.1, 0.15) is 40.4 Å². The molecule has 3 rings (SSSR count). The summed E-state index contributed by atoms with van der Waals surface area (Å²) in [5, 5.41) is 0.796. The second-order valence-electron chi connectivity index (χ2n) is 6.15. The number of ether oxygens (including phenoxy) is 1. The molecule has 0 N–H and O–H groups in total. The van der Waals surface area contributed by atoms with Gasteiger partial charge in [0.2, 0.25) is 0 Å². The Hall–Kier alpha value is -2.21. The summed E-state index contributed by atoms with van der Waals surface area (Å²) in [6, 6.07) is 9.55. The maximum Gasteiger partial charge on any atom is 0.351 e. The van der Waals surface area contributed by atoms with E-state index in [4.69, 9.17) is 4.74 Å². The summed E-state index contributed by atoms with van der Waals surface area (Å²) in [7, 11) is 0. The van der Waals surface area contributed by atoms with E-state index in [1.807, 2.05) is 37.3 Å². The standard InChI is InChI=1S/C19H22N2O3S/c1-14-20-17(15-9-5-4-6-10-15)18(25-14)19(23)24-13-16(22)21-11-7-2-3-8-12-21/h4-6,9-10H,2-3,7-8,11-13H2,1H3. The molecular weight excluding hydrogens is 336 g/mol. The fourth-order valence-corrected chi connectivity index (χ4v) is 3.80. The van der Waals surface area contributed by atoms with Crippen molar-refractivity contribution >= 4 is 23.2 Å². The molecule has 1 amide bonds. The largest absolute Gasteiger partial charge is 0.451 e. The van der Waals surface area contributed by atoms with Crippen molar-refractivity contribution in [2.75, 3.05) is 19.7 Å². The molecule has 0 unspecified atom stereocenters. The third-order valence-electron chi connectivity index (χ3n) is 4.25. The molecule has 1 aromatic carbocycles. The van der Waals surface area contributed by atoms with E-state index >= 15 is 0 Å². The summed E-state index contributed by atoms with van der Waals surface area (Å²) in [6.45, 7) is 3.16. The van der Waals surface area contributed by atoms with E-state index < -0.39 is 5.97 Å². The van der Waals surface area contributed by atoms with Gasteiger partial charge in [-0.2, -0.15) is 0 Å². The molecule has 0 atom stereocenters. The lowest BCUT2D eigenvalue weighted by Gasteiger charge is -2.19. The smallest absolute Gasteiger partial charge is 0.351 e. The normalized spacial score (nSPS) is 14.8. The van der Waals surface area contributed by atoms with Crippen LogP contribution in [0.25, 0.3) is 11.3 Å². The van der Waals surface area contributed by atoms with Crippen LogP contribution in [0.2, 0.25) is 0 Å². The first kappa shape index (κ1) is 17.6. The molecule has 0 spiro atoms. The van der Waals surface area contributed by atoms with Gasteiger partial charge in [0.15, 0.2) is 6.61 Å². The summed E-state index contributed by atoms with van der Waals surface area (Å²) >= 11 is 1.30. The predicted octanol–water partition coefficient (Wildman–Crippen LogP) is 3.68. The zero-order chi connectivity index (χ0) is 17.6. The SMILES string of the molecule is Cc1nc(-c2ccccc2)c(C(=O)OCC(=O)N2CCCCCC2)s1. The van der Waals surface area contributed by atoms with E-state index in [9.17, 15) is 9.59 Å². The first-order valence-corrected chi connectivity index (χ1v) is 9.44. The maximum absolute atomic E-state index is 12.5. The van der Waals surface area contributed by atoms with Crippen LogP contribution in [-0.4, -0.2) is 41.5 Å². The number of hydrogen-bond acceptors (Lipinski definition) is 5. The monoisotopic (exact) mass is 358 g/mol. The highest BCUT2D eigenvalue weighted by Gasteiger charge is 2.22. The number of nitrogens with zero attached hydrogens (tertiary/aromatic N) is 2. The molecule has 1 aliphatic rings.